The average Bonchev–Trinajstić information content (AvgIpc) is 3.71. The normalized spacial score (nSPS) is 24.0. The molecular weight excluding hydrogens is 571 g/mol. The van der Waals surface area contributed by atoms with Crippen LogP contribution in [-0.4, -0.2) is 66.4 Å². The van der Waals surface area contributed by atoms with Crippen LogP contribution in [0.3, 0.4) is 0 Å². The molecule has 3 aliphatic rings. The molecule has 2 bridgehead atoms. The van der Waals surface area contributed by atoms with E-state index in [0.717, 1.165) is 49.6 Å². The number of nitrogens with zero attached hydrogens (tertiary/aromatic N) is 6. The van der Waals surface area contributed by atoms with Crippen LogP contribution in [0.4, 0.5) is 9.18 Å². The van der Waals surface area contributed by atoms with Gasteiger partial charge in [0.25, 0.3) is 0 Å². The van der Waals surface area contributed by atoms with Gasteiger partial charge >= 0.3 is 6.09 Å². The van der Waals surface area contributed by atoms with Gasteiger partial charge in [-0.3, -0.25) is 0 Å². The molecule has 1 amide bonds. The zero-order valence-electron chi connectivity index (χ0n) is 24.5. The Morgan fingerprint density at radius 3 is 2.63 bits per heavy atom. The van der Waals surface area contributed by atoms with Gasteiger partial charge in [0.15, 0.2) is 0 Å². The van der Waals surface area contributed by atoms with Crippen molar-refractivity contribution >= 4 is 27.6 Å². The van der Waals surface area contributed by atoms with Crippen molar-refractivity contribution in [1.82, 2.24) is 29.9 Å². The van der Waals surface area contributed by atoms with Crippen LogP contribution in [0.25, 0.3) is 32.6 Å². The number of piperidine rings is 1. The predicted octanol–water partition coefficient (Wildman–Crippen LogP) is 6.76. The number of thiazole rings is 1. The molecule has 1 aromatic carbocycles. The summed E-state index contributed by atoms with van der Waals surface area (Å²) >= 11 is 1.44. The van der Waals surface area contributed by atoms with Crippen molar-refractivity contribution in [2.24, 2.45) is 0 Å². The Kier molecular flexibility index (Phi) is 7.29. The predicted molar refractivity (Wildman–Crippen MR) is 159 cm³/mol. The van der Waals surface area contributed by atoms with Gasteiger partial charge in [0.05, 0.1) is 27.6 Å². The number of benzene rings is 1. The molecule has 12 heteroatoms. The van der Waals surface area contributed by atoms with Gasteiger partial charge in [-0.25, -0.2) is 18.9 Å². The molecule has 3 aliphatic heterocycles. The number of hydrogen-bond donors (Lipinski definition) is 0. The zero-order chi connectivity index (χ0) is 29.7. The molecule has 0 radical (unpaired) electrons. The number of halogens is 1. The van der Waals surface area contributed by atoms with E-state index < -0.39 is 11.4 Å². The Balaban J connectivity index is 1.07. The molecule has 3 saturated heterocycles. The van der Waals surface area contributed by atoms with Gasteiger partial charge in [-0.05, 0) is 65.0 Å². The monoisotopic (exact) mass is 606 g/mol. The van der Waals surface area contributed by atoms with Crippen molar-refractivity contribution in [3.63, 3.8) is 0 Å². The van der Waals surface area contributed by atoms with E-state index in [0.29, 0.717) is 40.4 Å². The van der Waals surface area contributed by atoms with Crippen molar-refractivity contribution < 1.29 is 23.4 Å². The molecule has 10 nitrogen and oxygen atoms in total. The molecule has 3 aromatic heterocycles. The summed E-state index contributed by atoms with van der Waals surface area (Å²) in [5.41, 5.74) is 4.01. The van der Waals surface area contributed by atoms with Crippen molar-refractivity contribution in [3.8, 4) is 28.3 Å². The van der Waals surface area contributed by atoms with E-state index >= 15 is 4.39 Å². The number of fused-ring (bicyclic) bond motifs is 3. The second-order valence-corrected chi connectivity index (χ2v) is 13.4. The molecule has 7 rings (SSSR count). The molecule has 0 spiro atoms. The Hall–Kier alpha value is -3.64. The van der Waals surface area contributed by atoms with Crippen LogP contribution in [-0.2, 0) is 9.47 Å². The number of carbonyl (C=O) groups excluding carboxylic acids is 1. The molecule has 226 valence electrons. The maximum Gasteiger partial charge on any atom is 0.410 e. The van der Waals surface area contributed by atoms with Gasteiger partial charge in [0.2, 0.25) is 5.88 Å². The summed E-state index contributed by atoms with van der Waals surface area (Å²) in [5, 5.41) is 13.2. The molecular formula is C31H35FN6O4S. The van der Waals surface area contributed by atoms with Gasteiger partial charge in [-0.2, -0.15) is 5.10 Å². The highest BCUT2D eigenvalue weighted by Gasteiger charge is 2.45. The molecule has 43 heavy (non-hydrogen) atoms. The molecule has 4 atom stereocenters. The third kappa shape index (κ3) is 5.58. The number of aromatic nitrogens is 5. The van der Waals surface area contributed by atoms with Crippen LogP contribution >= 0.6 is 11.3 Å². The minimum absolute atomic E-state index is 0.0683. The van der Waals surface area contributed by atoms with E-state index in [1.54, 1.807) is 28.5 Å². The Bertz CT molecular complexity index is 1610. The third-order valence-corrected chi connectivity index (χ3v) is 9.26. The smallest absolute Gasteiger partial charge is 0.410 e. The topological polar surface area (TPSA) is 104 Å². The SMILES string of the molecule is CC(C)(C)OC(=O)N1C2CC[C@@H]1CC(Oc1ccc(-c3cc(F)c(-c4cnn(C5CCCCO5)c4)c4ncsc34)nn1)C2. The van der Waals surface area contributed by atoms with E-state index in [2.05, 4.69) is 20.3 Å². The van der Waals surface area contributed by atoms with Gasteiger partial charge in [-0.15, -0.1) is 21.5 Å². The Morgan fingerprint density at radius 1 is 1.12 bits per heavy atom. The van der Waals surface area contributed by atoms with Crippen LogP contribution in [0.5, 0.6) is 5.88 Å². The molecule has 0 saturated carbocycles. The number of ether oxygens (including phenoxy) is 3. The molecule has 3 fully saturated rings. The van der Waals surface area contributed by atoms with E-state index in [-0.39, 0.29) is 30.5 Å². The standard InChI is InChI=1S/C31H35FN6O4S/c1-31(2,3)42-30(39)38-19-7-8-20(38)13-21(12-19)41-25-10-9-24(35-36-25)22-14-23(32)27(28-29(22)43-17-33-28)18-15-34-37(16-18)26-6-4-5-11-40-26/h9-10,14-17,19-21,26H,4-8,11-13H2,1-3H3/t19-,20?,21?,26?/m1/s1. The van der Waals surface area contributed by atoms with E-state index in [9.17, 15) is 4.79 Å². The van der Waals surface area contributed by atoms with Crippen molar-refractivity contribution in [2.75, 3.05) is 6.61 Å². The quantitative estimate of drug-likeness (QED) is 0.245. The fourth-order valence-corrected chi connectivity index (χ4v) is 7.37. The third-order valence-electron chi connectivity index (χ3n) is 8.40. The van der Waals surface area contributed by atoms with Crippen molar-refractivity contribution in [1.29, 1.82) is 0 Å². The maximum absolute atomic E-state index is 15.7. The first-order valence-electron chi connectivity index (χ1n) is 15.0. The van der Waals surface area contributed by atoms with Gasteiger partial charge < -0.3 is 19.1 Å². The van der Waals surface area contributed by atoms with Crippen molar-refractivity contribution in [3.05, 3.63) is 41.9 Å². The van der Waals surface area contributed by atoms with Gasteiger partial charge in [-0.1, -0.05) is 0 Å². The second kappa shape index (κ2) is 11.1. The summed E-state index contributed by atoms with van der Waals surface area (Å²) in [6.07, 6.45) is 9.40. The number of rotatable bonds is 5. The number of amides is 1. The summed E-state index contributed by atoms with van der Waals surface area (Å²) in [6, 6.07) is 5.26. The van der Waals surface area contributed by atoms with Crippen LogP contribution in [0.1, 0.15) is 71.9 Å². The highest BCUT2D eigenvalue weighted by atomic mass is 32.1. The number of carbonyl (C=O) groups is 1. The van der Waals surface area contributed by atoms with Crippen molar-refractivity contribution in [2.45, 2.75) is 95.7 Å². The lowest BCUT2D eigenvalue weighted by Gasteiger charge is -2.39. The van der Waals surface area contributed by atoms with Gasteiger partial charge in [0, 0.05) is 60.5 Å². The van der Waals surface area contributed by atoms with E-state index in [1.807, 2.05) is 31.9 Å². The summed E-state index contributed by atoms with van der Waals surface area (Å²) < 4.78 is 36.0. The van der Waals surface area contributed by atoms with Crippen LogP contribution in [0.15, 0.2) is 36.1 Å². The van der Waals surface area contributed by atoms with Crippen LogP contribution in [0, 0.1) is 5.82 Å². The summed E-state index contributed by atoms with van der Waals surface area (Å²) in [4.78, 5) is 19.2. The first-order chi connectivity index (χ1) is 20.7. The molecule has 0 aliphatic carbocycles. The first-order valence-corrected chi connectivity index (χ1v) is 15.9. The lowest BCUT2D eigenvalue weighted by molar-refractivity contribution is -0.0394. The summed E-state index contributed by atoms with van der Waals surface area (Å²) in [6.45, 7) is 6.36. The molecule has 3 unspecified atom stereocenters. The summed E-state index contributed by atoms with van der Waals surface area (Å²) in [5.74, 6) is 0.0146. The minimum atomic E-state index is -0.525. The van der Waals surface area contributed by atoms with E-state index in [4.69, 9.17) is 14.2 Å². The summed E-state index contributed by atoms with van der Waals surface area (Å²) in [7, 11) is 0. The molecule has 4 aromatic rings. The highest BCUT2D eigenvalue weighted by molar-refractivity contribution is 7.17. The highest BCUT2D eigenvalue weighted by Crippen LogP contribution is 2.40. The molecule has 6 heterocycles. The second-order valence-electron chi connectivity index (χ2n) is 12.6. The van der Waals surface area contributed by atoms with Gasteiger partial charge in [0.1, 0.15) is 23.8 Å². The van der Waals surface area contributed by atoms with E-state index in [1.165, 1.54) is 17.4 Å². The Labute approximate surface area is 253 Å². The Morgan fingerprint density at radius 2 is 1.93 bits per heavy atom. The zero-order valence-corrected chi connectivity index (χ0v) is 25.3. The maximum atomic E-state index is 15.7. The average molecular weight is 607 g/mol. The van der Waals surface area contributed by atoms with Crippen LogP contribution in [0.2, 0.25) is 0 Å². The molecule has 0 N–H and O–H groups in total. The van der Waals surface area contributed by atoms with Crippen LogP contribution < -0.4 is 4.74 Å². The lowest BCUT2D eigenvalue weighted by atomic mass is 10.0. The largest absolute Gasteiger partial charge is 0.473 e. The number of hydrogen-bond acceptors (Lipinski definition) is 9. The lowest BCUT2D eigenvalue weighted by Crippen LogP contribution is -2.50. The minimum Gasteiger partial charge on any atom is -0.473 e. The first kappa shape index (κ1) is 28.1. The fourth-order valence-electron chi connectivity index (χ4n) is 6.55. The fraction of sp³-hybridized carbons (Fsp3) is 0.516.